The van der Waals surface area contributed by atoms with Gasteiger partial charge >= 0.3 is 5.69 Å². The van der Waals surface area contributed by atoms with E-state index in [1.54, 1.807) is 33.4 Å². The summed E-state index contributed by atoms with van der Waals surface area (Å²) in [5, 5.41) is 8.90. The number of rotatable bonds is 8. The number of ether oxygens (including phenoxy) is 1. The third kappa shape index (κ3) is 5.45. The molecule has 0 spiro atoms. The smallest absolute Gasteiger partial charge is 0.329 e. The summed E-state index contributed by atoms with van der Waals surface area (Å²) in [5.41, 5.74) is 8.59. The highest BCUT2D eigenvalue weighted by atomic mass is 16.5. The SMILES string of the molecule is CCn1c(=O)n(CCC(=O)NNC(=O)COc2ccc(-c3ccc(C#N)cc3)cc2)c2ccccc21. The monoisotopic (exact) mass is 483 g/mol. The van der Waals surface area contributed by atoms with Crippen LogP contribution in [0.5, 0.6) is 5.75 Å². The summed E-state index contributed by atoms with van der Waals surface area (Å²) in [6.07, 6.45) is 0.0234. The summed E-state index contributed by atoms with van der Waals surface area (Å²) in [7, 11) is 0. The molecule has 0 unspecified atom stereocenters. The van der Waals surface area contributed by atoms with Gasteiger partial charge in [0.1, 0.15) is 5.75 Å². The zero-order chi connectivity index (χ0) is 25.5. The number of carbonyl (C=O) groups is 2. The van der Waals surface area contributed by atoms with E-state index in [0.717, 1.165) is 22.2 Å². The minimum Gasteiger partial charge on any atom is -0.484 e. The standard InChI is InChI=1S/C27H25N5O4/c1-2-31-23-5-3-4-6-24(23)32(27(31)35)16-15-25(33)29-30-26(34)18-36-22-13-11-21(12-14-22)20-9-7-19(17-28)8-10-20/h3-14H,2,15-16,18H2,1H3,(H,29,33)(H,30,34). The molecule has 0 saturated heterocycles. The number of imidazole rings is 1. The zero-order valence-corrected chi connectivity index (χ0v) is 19.7. The summed E-state index contributed by atoms with van der Waals surface area (Å²) < 4.78 is 8.70. The Hall–Kier alpha value is -4.84. The first-order chi connectivity index (χ1) is 17.5. The largest absolute Gasteiger partial charge is 0.484 e. The Balaban J connectivity index is 1.24. The molecule has 9 nitrogen and oxygen atoms in total. The van der Waals surface area contributed by atoms with E-state index >= 15 is 0 Å². The maximum atomic E-state index is 12.6. The first-order valence-corrected chi connectivity index (χ1v) is 11.5. The fourth-order valence-corrected chi connectivity index (χ4v) is 3.88. The summed E-state index contributed by atoms with van der Waals surface area (Å²) in [6.45, 7) is 2.34. The van der Waals surface area contributed by atoms with Crippen LogP contribution >= 0.6 is 0 Å². The van der Waals surface area contributed by atoms with Crippen molar-refractivity contribution in [1.29, 1.82) is 5.26 Å². The number of benzene rings is 3. The zero-order valence-electron chi connectivity index (χ0n) is 19.7. The van der Waals surface area contributed by atoms with Gasteiger partial charge in [-0.2, -0.15) is 5.26 Å². The fraction of sp³-hybridized carbons (Fsp3) is 0.185. The van der Waals surface area contributed by atoms with Crippen molar-refractivity contribution in [3.8, 4) is 22.9 Å². The number of carbonyl (C=O) groups excluding carboxylic acids is 2. The Labute approximate surface area is 207 Å². The molecule has 0 aliphatic heterocycles. The Kier molecular flexibility index (Phi) is 7.46. The Morgan fingerprint density at radius 3 is 2.06 bits per heavy atom. The Bertz CT molecular complexity index is 1480. The maximum Gasteiger partial charge on any atom is 0.329 e. The van der Waals surface area contributed by atoms with E-state index in [9.17, 15) is 14.4 Å². The second-order valence-electron chi connectivity index (χ2n) is 8.02. The number of fused-ring (bicyclic) bond motifs is 1. The molecule has 0 radical (unpaired) electrons. The number of nitriles is 1. The highest BCUT2D eigenvalue weighted by Crippen LogP contribution is 2.22. The number of para-hydroxylation sites is 2. The first-order valence-electron chi connectivity index (χ1n) is 11.5. The maximum absolute atomic E-state index is 12.6. The number of aromatic nitrogens is 2. The van der Waals surface area contributed by atoms with Crippen LogP contribution in [-0.4, -0.2) is 27.6 Å². The molecular formula is C27H25N5O4. The highest BCUT2D eigenvalue weighted by molar-refractivity contribution is 5.83. The van der Waals surface area contributed by atoms with Crippen molar-refractivity contribution in [3.63, 3.8) is 0 Å². The third-order valence-electron chi connectivity index (χ3n) is 5.72. The predicted molar refractivity (Wildman–Crippen MR) is 135 cm³/mol. The van der Waals surface area contributed by atoms with Crippen LogP contribution in [0.1, 0.15) is 18.9 Å². The van der Waals surface area contributed by atoms with Gasteiger partial charge in [0.15, 0.2) is 6.61 Å². The van der Waals surface area contributed by atoms with E-state index in [1.165, 1.54) is 0 Å². The van der Waals surface area contributed by atoms with Gasteiger partial charge in [0, 0.05) is 19.5 Å². The normalized spacial score (nSPS) is 10.6. The number of hydrazine groups is 1. The summed E-state index contributed by atoms with van der Waals surface area (Å²) in [5.74, 6) is -0.435. The molecule has 4 aromatic rings. The Morgan fingerprint density at radius 2 is 1.44 bits per heavy atom. The quantitative estimate of drug-likeness (QED) is 0.374. The molecule has 3 aromatic carbocycles. The van der Waals surface area contributed by atoms with Gasteiger partial charge < -0.3 is 4.74 Å². The van der Waals surface area contributed by atoms with E-state index in [2.05, 4.69) is 16.9 Å². The van der Waals surface area contributed by atoms with Crippen LogP contribution in [0.2, 0.25) is 0 Å². The predicted octanol–water partition coefficient (Wildman–Crippen LogP) is 2.98. The molecule has 182 valence electrons. The minimum absolute atomic E-state index is 0.0234. The molecule has 0 saturated carbocycles. The lowest BCUT2D eigenvalue weighted by molar-refractivity contribution is -0.130. The summed E-state index contributed by atoms with van der Waals surface area (Å²) >= 11 is 0. The van der Waals surface area contributed by atoms with Gasteiger partial charge in [-0.3, -0.25) is 29.6 Å². The van der Waals surface area contributed by atoms with Crippen molar-refractivity contribution in [2.75, 3.05) is 6.61 Å². The second-order valence-corrected chi connectivity index (χ2v) is 8.02. The van der Waals surface area contributed by atoms with Crippen molar-refractivity contribution < 1.29 is 14.3 Å². The molecule has 9 heteroatoms. The molecular weight excluding hydrogens is 458 g/mol. The molecule has 2 N–H and O–H groups in total. The van der Waals surface area contributed by atoms with E-state index in [1.807, 2.05) is 55.5 Å². The van der Waals surface area contributed by atoms with Crippen LogP contribution in [0.4, 0.5) is 0 Å². The number of aryl methyl sites for hydroxylation is 2. The minimum atomic E-state index is -0.515. The Morgan fingerprint density at radius 1 is 0.861 bits per heavy atom. The first kappa shape index (κ1) is 24.3. The lowest BCUT2D eigenvalue weighted by Crippen LogP contribution is -2.44. The molecule has 0 aliphatic rings. The number of amides is 2. The molecule has 0 aliphatic carbocycles. The van der Waals surface area contributed by atoms with Crippen molar-refractivity contribution in [1.82, 2.24) is 20.0 Å². The van der Waals surface area contributed by atoms with Crippen LogP contribution in [0.3, 0.4) is 0 Å². The van der Waals surface area contributed by atoms with E-state index in [-0.39, 0.29) is 25.3 Å². The molecule has 2 amide bonds. The van der Waals surface area contributed by atoms with E-state index in [0.29, 0.717) is 17.9 Å². The van der Waals surface area contributed by atoms with Crippen molar-refractivity contribution in [2.45, 2.75) is 26.4 Å². The van der Waals surface area contributed by atoms with Crippen molar-refractivity contribution >= 4 is 22.8 Å². The molecule has 4 rings (SSSR count). The number of nitrogens with one attached hydrogen (secondary N) is 2. The topological polar surface area (TPSA) is 118 Å². The lowest BCUT2D eigenvalue weighted by atomic mass is 10.0. The van der Waals surface area contributed by atoms with Crippen LogP contribution in [-0.2, 0) is 22.7 Å². The van der Waals surface area contributed by atoms with Crippen LogP contribution < -0.4 is 21.3 Å². The van der Waals surface area contributed by atoms with Gasteiger partial charge in [-0.25, -0.2) is 4.79 Å². The summed E-state index contributed by atoms with van der Waals surface area (Å²) in [4.78, 5) is 36.9. The molecule has 1 heterocycles. The van der Waals surface area contributed by atoms with Gasteiger partial charge in [-0.15, -0.1) is 0 Å². The molecule has 0 atom stereocenters. The summed E-state index contributed by atoms with van der Waals surface area (Å²) in [6, 6.07) is 23.9. The molecule has 0 bridgehead atoms. The third-order valence-corrected chi connectivity index (χ3v) is 5.72. The van der Waals surface area contributed by atoms with Gasteiger partial charge in [-0.1, -0.05) is 36.4 Å². The molecule has 0 fully saturated rings. The van der Waals surface area contributed by atoms with Gasteiger partial charge in [0.05, 0.1) is 22.7 Å². The van der Waals surface area contributed by atoms with Crippen LogP contribution in [0.15, 0.2) is 77.6 Å². The van der Waals surface area contributed by atoms with Crippen molar-refractivity contribution in [3.05, 3.63) is 88.8 Å². The highest BCUT2D eigenvalue weighted by Gasteiger charge is 2.13. The van der Waals surface area contributed by atoms with Crippen molar-refractivity contribution in [2.24, 2.45) is 0 Å². The van der Waals surface area contributed by atoms with Crippen LogP contribution in [0, 0.1) is 11.3 Å². The van der Waals surface area contributed by atoms with Gasteiger partial charge in [0.2, 0.25) is 5.91 Å². The fourth-order valence-electron chi connectivity index (χ4n) is 3.88. The van der Waals surface area contributed by atoms with E-state index < -0.39 is 11.8 Å². The lowest BCUT2D eigenvalue weighted by Gasteiger charge is -2.10. The average molecular weight is 484 g/mol. The molecule has 36 heavy (non-hydrogen) atoms. The van der Waals surface area contributed by atoms with Gasteiger partial charge in [-0.05, 0) is 54.4 Å². The van der Waals surface area contributed by atoms with Crippen LogP contribution in [0.25, 0.3) is 22.2 Å². The second kappa shape index (κ2) is 11.1. The number of hydrogen-bond donors (Lipinski definition) is 2. The number of hydrogen-bond acceptors (Lipinski definition) is 5. The van der Waals surface area contributed by atoms with E-state index in [4.69, 9.17) is 10.00 Å². The van der Waals surface area contributed by atoms with Gasteiger partial charge in [0.25, 0.3) is 5.91 Å². The number of nitrogens with zero attached hydrogens (tertiary/aromatic N) is 3. The molecule has 1 aromatic heterocycles. The average Bonchev–Trinajstić information content (AvgIpc) is 3.20.